The molecule has 0 saturated carbocycles. The Morgan fingerprint density at radius 1 is 1.23 bits per heavy atom. The molecule has 1 saturated heterocycles. The zero-order valence-corrected chi connectivity index (χ0v) is 17.8. The highest BCUT2D eigenvalue weighted by atomic mass is 35.5. The van der Waals surface area contributed by atoms with Crippen LogP contribution in [0.5, 0.6) is 0 Å². The summed E-state index contributed by atoms with van der Waals surface area (Å²) in [5, 5.41) is 7.47. The fraction of sp³-hybridized carbons (Fsp3) is 0.300. The number of halogens is 3. The molecule has 2 aromatic heterocycles. The number of hydrogen-bond acceptors (Lipinski definition) is 6. The Labute approximate surface area is 186 Å². The van der Waals surface area contributed by atoms with Crippen LogP contribution in [0.1, 0.15) is 18.0 Å². The summed E-state index contributed by atoms with van der Waals surface area (Å²) >= 11 is 7.97. The molecule has 4 rings (SSSR count). The maximum absolute atomic E-state index is 13.2. The Kier molecular flexibility index (Phi) is 6.67. The van der Waals surface area contributed by atoms with Gasteiger partial charge < -0.3 is 9.32 Å². The van der Waals surface area contributed by atoms with Crippen LogP contribution in [0, 0.1) is 0 Å². The van der Waals surface area contributed by atoms with Gasteiger partial charge in [-0.1, -0.05) is 17.7 Å². The van der Waals surface area contributed by atoms with Crippen molar-refractivity contribution in [2.75, 3.05) is 29.5 Å². The van der Waals surface area contributed by atoms with Crippen LogP contribution in [0.4, 0.5) is 19.3 Å². The van der Waals surface area contributed by atoms with Crippen LogP contribution >= 0.6 is 23.4 Å². The Morgan fingerprint density at radius 3 is 2.68 bits per heavy atom. The molecule has 0 N–H and O–H groups in total. The van der Waals surface area contributed by atoms with Crippen molar-refractivity contribution in [3.05, 3.63) is 59.2 Å². The molecule has 1 aliphatic heterocycles. The van der Waals surface area contributed by atoms with Crippen molar-refractivity contribution in [3.63, 3.8) is 0 Å². The number of rotatable bonds is 5. The van der Waals surface area contributed by atoms with Gasteiger partial charge >= 0.3 is 12.5 Å². The normalized spacial score (nSPS) is 14.1. The highest BCUT2D eigenvalue weighted by molar-refractivity contribution is 7.99. The van der Waals surface area contributed by atoms with Crippen LogP contribution in [0.25, 0.3) is 11.5 Å². The summed E-state index contributed by atoms with van der Waals surface area (Å²) in [6.45, 7) is 1.57. The number of pyridine rings is 1. The number of carbonyl (C=O) groups excluding carboxylic acids is 1. The van der Waals surface area contributed by atoms with E-state index in [2.05, 4.69) is 15.2 Å². The third-order valence-corrected chi connectivity index (χ3v) is 5.83. The number of thioether (sulfide) groups is 1. The summed E-state index contributed by atoms with van der Waals surface area (Å²) in [6, 6.07) is 10.3. The van der Waals surface area contributed by atoms with Gasteiger partial charge in [0.2, 0.25) is 5.89 Å². The average Bonchev–Trinajstić information content (AvgIpc) is 3.29. The summed E-state index contributed by atoms with van der Waals surface area (Å²) in [6.07, 6.45) is -1.38. The number of amides is 2. The molecule has 0 aliphatic carbocycles. The number of benzene rings is 1. The van der Waals surface area contributed by atoms with E-state index in [1.54, 1.807) is 35.2 Å². The van der Waals surface area contributed by atoms with E-state index < -0.39 is 12.3 Å². The third-order valence-electron chi connectivity index (χ3n) is 4.65. The van der Waals surface area contributed by atoms with Crippen LogP contribution in [0.2, 0.25) is 5.02 Å². The van der Waals surface area contributed by atoms with Crippen LogP contribution in [-0.2, 0) is 6.54 Å². The largest absolute Gasteiger partial charge is 0.415 e. The average molecular weight is 466 g/mol. The molecule has 0 unspecified atom stereocenters. The number of nitrogens with zero attached hydrogens (tertiary/aromatic N) is 5. The van der Waals surface area contributed by atoms with Crippen LogP contribution < -0.4 is 4.90 Å². The molecule has 3 heterocycles. The molecule has 162 valence electrons. The number of urea groups is 1. The van der Waals surface area contributed by atoms with E-state index in [0.29, 0.717) is 35.1 Å². The number of hydrogen-bond donors (Lipinski definition) is 0. The molecule has 2 amide bonds. The van der Waals surface area contributed by atoms with Crippen LogP contribution in [-0.4, -0.2) is 50.7 Å². The van der Waals surface area contributed by atoms with Crippen molar-refractivity contribution in [1.29, 1.82) is 0 Å². The summed E-state index contributed by atoms with van der Waals surface area (Å²) in [5.74, 6) is 1.01. The van der Waals surface area contributed by atoms with Gasteiger partial charge in [-0.15, -0.1) is 10.2 Å². The number of alkyl halides is 2. The zero-order chi connectivity index (χ0) is 21.8. The molecule has 11 heteroatoms. The molecular formula is C20H18ClF2N5O2S. The van der Waals surface area contributed by atoms with E-state index in [9.17, 15) is 13.6 Å². The lowest BCUT2D eigenvalue weighted by atomic mass is 10.2. The van der Waals surface area contributed by atoms with Gasteiger partial charge in [-0.05, 0) is 30.3 Å². The van der Waals surface area contributed by atoms with Gasteiger partial charge in [0.05, 0.1) is 17.8 Å². The maximum Gasteiger partial charge on any atom is 0.324 e. The predicted octanol–water partition coefficient (Wildman–Crippen LogP) is 4.90. The van der Waals surface area contributed by atoms with E-state index in [1.807, 2.05) is 22.7 Å². The second-order valence-corrected chi connectivity index (χ2v) is 8.39. The lowest BCUT2D eigenvalue weighted by molar-refractivity contribution is 0.116. The van der Waals surface area contributed by atoms with E-state index in [4.69, 9.17) is 16.0 Å². The minimum Gasteiger partial charge on any atom is -0.415 e. The molecule has 0 radical (unpaired) electrons. The molecule has 1 fully saturated rings. The third kappa shape index (κ3) is 5.13. The van der Waals surface area contributed by atoms with E-state index in [0.717, 1.165) is 11.5 Å². The van der Waals surface area contributed by atoms with Gasteiger partial charge in [-0.2, -0.15) is 20.5 Å². The first-order valence-electron chi connectivity index (χ1n) is 9.48. The number of aromatic nitrogens is 3. The minimum absolute atomic E-state index is 0.0389. The fourth-order valence-electron chi connectivity index (χ4n) is 3.08. The predicted molar refractivity (Wildman–Crippen MR) is 114 cm³/mol. The van der Waals surface area contributed by atoms with Crippen molar-refractivity contribution in [3.8, 4) is 11.5 Å². The van der Waals surface area contributed by atoms with Gasteiger partial charge in [-0.3, -0.25) is 9.88 Å². The lowest BCUT2D eigenvalue weighted by Crippen LogP contribution is -2.46. The molecule has 0 spiro atoms. The highest BCUT2D eigenvalue weighted by Gasteiger charge is 2.25. The van der Waals surface area contributed by atoms with Crippen LogP contribution in [0.15, 0.2) is 47.0 Å². The van der Waals surface area contributed by atoms with Crippen molar-refractivity contribution in [1.82, 2.24) is 20.1 Å². The Hall–Kier alpha value is -2.72. The number of anilines is 1. The van der Waals surface area contributed by atoms with E-state index in [-0.39, 0.29) is 18.5 Å². The summed E-state index contributed by atoms with van der Waals surface area (Å²) in [7, 11) is 0. The molecule has 1 aliphatic rings. The summed E-state index contributed by atoms with van der Waals surface area (Å²) in [5.41, 5.74) is 1.69. The van der Waals surface area contributed by atoms with Gasteiger partial charge in [0.15, 0.2) is 0 Å². The molecule has 31 heavy (non-hydrogen) atoms. The Balaban J connectivity index is 1.56. The topological polar surface area (TPSA) is 75.4 Å². The van der Waals surface area contributed by atoms with Gasteiger partial charge in [0.1, 0.15) is 0 Å². The quantitative estimate of drug-likeness (QED) is 0.533. The monoisotopic (exact) mass is 465 g/mol. The minimum atomic E-state index is -2.83. The molecule has 1 aromatic carbocycles. The molecule has 0 bridgehead atoms. The van der Waals surface area contributed by atoms with Crippen molar-refractivity contribution >= 4 is 35.1 Å². The molecule has 0 atom stereocenters. The second kappa shape index (κ2) is 9.61. The molecule has 3 aromatic rings. The van der Waals surface area contributed by atoms with E-state index in [1.165, 1.54) is 6.20 Å². The highest BCUT2D eigenvalue weighted by Crippen LogP contribution is 2.25. The first-order valence-corrected chi connectivity index (χ1v) is 11.0. The lowest BCUT2D eigenvalue weighted by Gasteiger charge is -2.32. The van der Waals surface area contributed by atoms with Crippen molar-refractivity contribution < 1.29 is 18.0 Å². The standard InChI is InChI=1S/C20H18ClF2N5O2S/c21-14-2-1-3-16(10-14)28(20(29)27-6-8-31-9-7-27)12-15-5-4-13(11-24-15)18-25-26-19(30-18)17(22)23/h1-5,10-11,17H,6-9,12H2. The maximum atomic E-state index is 13.2. The van der Waals surface area contributed by atoms with Crippen LogP contribution in [0.3, 0.4) is 0 Å². The zero-order valence-electron chi connectivity index (χ0n) is 16.2. The first kappa shape index (κ1) is 21.5. The smallest absolute Gasteiger partial charge is 0.324 e. The summed E-state index contributed by atoms with van der Waals surface area (Å²) < 4.78 is 30.3. The Bertz CT molecular complexity index is 1040. The molecular weight excluding hydrogens is 448 g/mol. The molecule has 7 nitrogen and oxygen atoms in total. The van der Waals surface area contributed by atoms with Gasteiger partial charge in [0.25, 0.3) is 5.89 Å². The first-order chi connectivity index (χ1) is 15.0. The van der Waals surface area contributed by atoms with Gasteiger partial charge in [-0.25, -0.2) is 4.79 Å². The fourth-order valence-corrected chi connectivity index (χ4v) is 4.17. The Morgan fingerprint density at radius 2 is 2.03 bits per heavy atom. The number of carbonyl (C=O) groups is 1. The van der Waals surface area contributed by atoms with E-state index >= 15 is 0 Å². The van der Waals surface area contributed by atoms with Gasteiger partial charge in [0, 0.05) is 41.5 Å². The van der Waals surface area contributed by atoms with Crippen molar-refractivity contribution in [2.24, 2.45) is 0 Å². The van der Waals surface area contributed by atoms with Crippen molar-refractivity contribution in [2.45, 2.75) is 13.0 Å². The SMILES string of the molecule is O=C(N1CCSCC1)N(Cc1ccc(-c2nnc(C(F)F)o2)cn1)c1cccc(Cl)c1. The second-order valence-electron chi connectivity index (χ2n) is 6.73. The summed E-state index contributed by atoms with van der Waals surface area (Å²) in [4.78, 5) is 21.0.